The Balaban J connectivity index is 1.77. The molecule has 0 heterocycles. The van der Waals surface area contributed by atoms with Gasteiger partial charge >= 0.3 is 0 Å². The number of nitrogens with one attached hydrogen (secondary N) is 1. The Labute approximate surface area is 191 Å². The van der Waals surface area contributed by atoms with Crippen molar-refractivity contribution in [2.45, 2.75) is 39.8 Å². The number of amides is 1. The Morgan fingerprint density at radius 2 is 1.41 bits per heavy atom. The number of hydrogen-bond acceptors (Lipinski definition) is 3. The molecule has 0 radical (unpaired) electrons. The van der Waals surface area contributed by atoms with E-state index >= 15 is 0 Å². The van der Waals surface area contributed by atoms with Crippen LogP contribution in [0.15, 0.2) is 72.8 Å². The maximum Gasteiger partial charge on any atom is 0.251 e. The molecule has 1 atom stereocenters. The molecule has 0 aliphatic carbocycles. The zero-order valence-corrected chi connectivity index (χ0v) is 19.8. The van der Waals surface area contributed by atoms with E-state index in [1.165, 1.54) is 16.1 Å². The summed E-state index contributed by atoms with van der Waals surface area (Å²) < 4.78 is 26.2. The van der Waals surface area contributed by atoms with Crippen LogP contribution in [0.1, 0.15) is 52.0 Å². The van der Waals surface area contributed by atoms with Gasteiger partial charge in [-0.05, 0) is 55.7 Å². The van der Waals surface area contributed by atoms with Crippen molar-refractivity contribution in [1.29, 1.82) is 0 Å². The third-order valence-corrected chi connectivity index (χ3v) is 6.60. The van der Waals surface area contributed by atoms with Crippen LogP contribution in [0.4, 0.5) is 5.69 Å². The van der Waals surface area contributed by atoms with Crippen LogP contribution < -0.4 is 9.62 Å². The van der Waals surface area contributed by atoms with E-state index < -0.39 is 10.0 Å². The average molecular weight is 451 g/mol. The lowest BCUT2D eigenvalue weighted by molar-refractivity contribution is 0.0935. The molecule has 1 unspecified atom stereocenters. The molecule has 0 saturated heterocycles. The SMILES string of the molecule is CCC(NC(=O)c1ccc(N(Cc2ccc(C)cc2)S(C)(=O)=O)cc1)c1ccc(C)cc1. The predicted molar refractivity (Wildman–Crippen MR) is 130 cm³/mol. The second-order valence-corrected chi connectivity index (χ2v) is 10.1. The molecule has 6 heteroatoms. The van der Waals surface area contributed by atoms with E-state index in [0.29, 0.717) is 11.3 Å². The monoisotopic (exact) mass is 450 g/mol. The Hall–Kier alpha value is -3.12. The zero-order chi connectivity index (χ0) is 23.3. The largest absolute Gasteiger partial charge is 0.345 e. The van der Waals surface area contributed by atoms with Crippen molar-refractivity contribution < 1.29 is 13.2 Å². The summed E-state index contributed by atoms with van der Waals surface area (Å²) in [6.45, 7) is 6.28. The first kappa shape index (κ1) is 23.5. The minimum atomic E-state index is -3.49. The highest BCUT2D eigenvalue weighted by Crippen LogP contribution is 2.23. The molecule has 0 bridgehead atoms. The van der Waals surface area contributed by atoms with Crippen LogP contribution in [0.2, 0.25) is 0 Å². The van der Waals surface area contributed by atoms with E-state index in [1.807, 2.05) is 69.3 Å². The minimum Gasteiger partial charge on any atom is -0.345 e. The van der Waals surface area contributed by atoms with Crippen LogP contribution in [0.25, 0.3) is 0 Å². The van der Waals surface area contributed by atoms with E-state index in [9.17, 15) is 13.2 Å². The van der Waals surface area contributed by atoms with E-state index in [0.717, 1.165) is 23.1 Å². The van der Waals surface area contributed by atoms with Gasteiger partial charge in [0.15, 0.2) is 0 Å². The fourth-order valence-electron chi connectivity index (χ4n) is 3.50. The summed E-state index contributed by atoms with van der Waals surface area (Å²) in [5, 5.41) is 3.07. The van der Waals surface area contributed by atoms with Crippen molar-refractivity contribution in [3.05, 3.63) is 101 Å². The summed E-state index contributed by atoms with van der Waals surface area (Å²) in [5.74, 6) is -0.187. The number of nitrogens with zero attached hydrogens (tertiary/aromatic N) is 1. The molecule has 0 spiro atoms. The molecule has 0 aliphatic heterocycles. The van der Waals surface area contributed by atoms with Gasteiger partial charge in [-0.1, -0.05) is 66.6 Å². The lowest BCUT2D eigenvalue weighted by atomic mass is 10.0. The first-order valence-electron chi connectivity index (χ1n) is 10.7. The zero-order valence-electron chi connectivity index (χ0n) is 19.0. The molecule has 3 aromatic carbocycles. The van der Waals surface area contributed by atoms with Crippen molar-refractivity contribution in [1.82, 2.24) is 5.32 Å². The van der Waals surface area contributed by atoms with E-state index in [2.05, 4.69) is 5.32 Å². The van der Waals surface area contributed by atoms with Crippen LogP contribution in [0.3, 0.4) is 0 Å². The third kappa shape index (κ3) is 5.98. The molecular formula is C26H30N2O3S. The highest BCUT2D eigenvalue weighted by atomic mass is 32.2. The molecule has 5 nitrogen and oxygen atoms in total. The number of carbonyl (C=O) groups excluding carboxylic acids is 1. The summed E-state index contributed by atoms with van der Waals surface area (Å²) in [5.41, 5.74) is 5.26. The molecule has 3 rings (SSSR count). The van der Waals surface area contributed by atoms with E-state index in [-0.39, 0.29) is 18.5 Å². The molecule has 1 N–H and O–H groups in total. The van der Waals surface area contributed by atoms with Crippen LogP contribution in [0.5, 0.6) is 0 Å². The van der Waals surface area contributed by atoms with Crippen LogP contribution >= 0.6 is 0 Å². The molecule has 3 aromatic rings. The van der Waals surface area contributed by atoms with Gasteiger partial charge in [0.1, 0.15) is 0 Å². The maximum atomic E-state index is 12.8. The smallest absolute Gasteiger partial charge is 0.251 e. The molecular weight excluding hydrogens is 420 g/mol. The Morgan fingerprint density at radius 1 is 0.875 bits per heavy atom. The quantitative estimate of drug-likeness (QED) is 0.516. The van der Waals surface area contributed by atoms with Gasteiger partial charge in [-0.15, -0.1) is 0 Å². The normalized spacial score (nSPS) is 12.2. The summed E-state index contributed by atoms with van der Waals surface area (Å²) in [4.78, 5) is 12.8. The number of sulfonamides is 1. The average Bonchev–Trinajstić information content (AvgIpc) is 2.77. The fourth-order valence-corrected chi connectivity index (χ4v) is 4.39. The Morgan fingerprint density at radius 3 is 1.91 bits per heavy atom. The third-order valence-electron chi connectivity index (χ3n) is 5.46. The fraction of sp³-hybridized carbons (Fsp3) is 0.269. The number of benzene rings is 3. The van der Waals surface area contributed by atoms with Gasteiger partial charge in [0.05, 0.1) is 24.5 Å². The van der Waals surface area contributed by atoms with Crippen LogP contribution in [-0.4, -0.2) is 20.6 Å². The summed E-state index contributed by atoms with van der Waals surface area (Å²) in [6.07, 6.45) is 1.96. The predicted octanol–water partition coefficient (Wildman–Crippen LogP) is 5.15. The standard InChI is InChI=1S/C26H30N2O3S/c1-5-25(22-12-8-20(3)9-13-22)27-26(29)23-14-16-24(17-15-23)28(32(4,30)31)18-21-10-6-19(2)7-11-21/h6-17,25H,5,18H2,1-4H3,(H,27,29). The molecule has 0 aromatic heterocycles. The molecule has 1 amide bonds. The van der Waals surface area contributed by atoms with Crippen molar-refractivity contribution in [3.63, 3.8) is 0 Å². The second kappa shape index (κ2) is 10.0. The summed E-state index contributed by atoms with van der Waals surface area (Å²) in [7, 11) is -3.49. The van der Waals surface area contributed by atoms with Gasteiger partial charge in [0.2, 0.25) is 10.0 Å². The van der Waals surface area contributed by atoms with E-state index in [1.54, 1.807) is 24.3 Å². The lowest BCUT2D eigenvalue weighted by Gasteiger charge is -2.23. The second-order valence-electron chi connectivity index (χ2n) is 8.15. The summed E-state index contributed by atoms with van der Waals surface area (Å²) in [6, 6.07) is 22.5. The van der Waals surface area contributed by atoms with Crippen molar-refractivity contribution in [2.24, 2.45) is 0 Å². The van der Waals surface area contributed by atoms with Gasteiger partial charge in [-0.2, -0.15) is 0 Å². The van der Waals surface area contributed by atoms with Gasteiger partial charge in [0, 0.05) is 5.56 Å². The molecule has 0 saturated carbocycles. The van der Waals surface area contributed by atoms with Gasteiger partial charge in [-0.25, -0.2) is 8.42 Å². The molecule has 168 valence electrons. The first-order chi connectivity index (χ1) is 15.2. The minimum absolute atomic E-state index is 0.0863. The molecule has 0 fully saturated rings. The van der Waals surface area contributed by atoms with Crippen LogP contribution in [0, 0.1) is 13.8 Å². The number of anilines is 1. The number of carbonyl (C=O) groups is 1. The van der Waals surface area contributed by atoms with E-state index in [4.69, 9.17) is 0 Å². The number of hydrogen-bond donors (Lipinski definition) is 1. The maximum absolute atomic E-state index is 12.8. The summed E-state index contributed by atoms with van der Waals surface area (Å²) >= 11 is 0. The molecule has 32 heavy (non-hydrogen) atoms. The Kier molecular flexibility index (Phi) is 7.36. The highest BCUT2D eigenvalue weighted by Gasteiger charge is 2.19. The van der Waals surface area contributed by atoms with Crippen molar-refractivity contribution in [3.8, 4) is 0 Å². The lowest BCUT2D eigenvalue weighted by Crippen LogP contribution is -2.30. The highest BCUT2D eigenvalue weighted by molar-refractivity contribution is 7.92. The van der Waals surface area contributed by atoms with Crippen molar-refractivity contribution in [2.75, 3.05) is 10.6 Å². The van der Waals surface area contributed by atoms with Gasteiger partial charge in [-0.3, -0.25) is 9.10 Å². The molecule has 0 aliphatic rings. The number of rotatable bonds is 8. The van der Waals surface area contributed by atoms with Gasteiger partial charge in [0.25, 0.3) is 5.91 Å². The van der Waals surface area contributed by atoms with Crippen LogP contribution in [-0.2, 0) is 16.6 Å². The first-order valence-corrected chi connectivity index (χ1v) is 12.5. The van der Waals surface area contributed by atoms with Crippen molar-refractivity contribution >= 4 is 21.6 Å². The topological polar surface area (TPSA) is 66.5 Å². The number of aryl methyl sites for hydroxylation is 2. The Bertz CT molecular complexity index is 1150. The van der Waals surface area contributed by atoms with Gasteiger partial charge < -0.3 is 5.32 Å².